The monoisotopic (exact) mass is 252 g/mol. The van der Waals surface area contributed by atoms with Gasteiger partial charge >= 0.3 is 0 Å². The van der Waals surface area contributed by atoms with Crippen molar-refractivity contribution in [3.05, 3.63) is 0 Å². The maximum atomic E-state index is 3.68. The van der Waals surface area contributed by atoms with Gasteiger partial charge in [-0.2, -0.15) is 0 Å². The molecule has 1 atom stereocenters. The van der Waals surface area contributed by atoms with E-state index in [1.807, 2.05) is 0 Å². The van der Waals surface area contributed by atoms with Crippen LogP contribution in [-0.2, 0) is 0 Å². The Hall–Kier alpha value is -0.0800. The van der Waals surface area contributed by atoms with Crippen LogP contribution >= 0.6 is 0 Å². The second-order valence-corrected chi connectivity index (χ2v) is 6.80. The third kappa shape index (κ3) is 4.55. The van der Waals surface area contributed by atoms with E-state index in [9.17, 15) is 0 Å². The van der Waals surface area contributed by atoms with Crippen LogP contribution in [-0.4, -0.2) is 37.6 Å². The summed E-state index contributed by atoms with van der Waals surface area (Å²) in [7, 11) is 0. The SMILES string of the molecule is CC(C)C1CCN(CCNCC2CCCCC2)C1. The highest BCUT2D eigenvalue weighted by atomic mass is 15.2. The van der Waals surface area contributed by atoms with Crippen molar-refractivity contribution >= 4 is 0 Å². The zero-order valence-corrected chi connectivity index (χ0v) is 12.5. The second-order valence-electron chi connectivity index (χ2n) is 6.80. The minimum absolute atomic E-state index is 0.866. The standard InChI is InChI=1S/C16H32N2/c1-14(2)16-8-10-18(13-16)11-9-17-12-15-6-4-3-5-7-15/h14-17H,3-13H2,1-2H3. The first-order chi connectivity index (χ1) is 8.75. The second kappa shape index (κ2) is 7.49. The molecule has 2 heteroatoms. The molecule has 0 bridgehead atoms. The number of nitrogens with zero attached hydrogens (tertiary/aromatic N) is 1. The van der Waals surface area contributed by atoms with Crippen molar-refractivity contribution in [1.29, 1.82) is 0 Å². The van der Waals surface area contributed by atoms with E-state index in [4.69, 9.17) is 0 Å². The normalized spacial score (nSPS) is 27.2. The Morgan fingerprint density at radius 2 is 1.89 bits per heavy atom. The topological polar surface area (TPSA) is 15.3 Å². The van der Waals surface area contributed by atoms with Crippen LogP contribution in [0.25, 0.3) is 0 Å². The minimum atomic E-state index is 0.866. The Labute approximate surface area is 114 Å². The maximum absolute atomic E-state index is 3.68. The molecule has 18 heavy (non-hydrogen) atoms. The fourth-order valence-electron chi connectivity index (χ4n) is 3.54. The van der Waals surface area contributed by atoms with Gasteiger partial charge in [-0.25, -0.2) is 0 Å². The molecule has 0 aromatic rings. The van der Waals surface area contributed by atoms with Crippen LogP contribution in [0.2, 0.25) is 0 Å². The average molecular weight is 252 g/mol. The van der Waals surface area contributed by atoms with Crippen molar-refractivity contribution in [3.63, 3.8) is 0 Å². The predicted molar refractivity (Wildman–Crippen MR) is 78.8 cm³/mol. The van der Waals surface area contributed by atoms with Crippen molar-refractivity contribution in [2.45, 2.75) is 52.4 Å². The molecular formula is C16H32N2. The molecule has 0 aromatic heterocycles. The lowest BCUT2D eigenvalue weighted by Crippen LogP contribution is -2.33. The number of likely N-dealkylation sites (tertiary alicyclic amines) is 1. The van der Waals surface area contributed by atoms with Gasteiger partial charge in [-0.15, -0.1) is 0 Å². The molecule has 0 aromatic carbocycles. The van der Waals surface area contributed by atoms with Crippen molar-refractivity contribution < 1.29 is 0 Å². The van der Waals surface area contributed by atoms with Crippen molar-refractivity contribution in [2.75, 3.05) is 32.7 Å². The van der Waals surface area contributed by atoms with E-state index in [2.05, 4.69) is 24.1 Å². The van der Waals surface area contributed by atoms with Gasteiger partial charge in [0, 0.05) is 19.6 Å². The van der Waals surface area contributed by atoms with Gasteiger partial charge in [-0.1, -0.05) is 33.1 Å². The first kappa shape index (κ1) is 14.3. The molecule has 2 nitrogen and oxygen atoms in total. The Bertz CT molecular complexity index is 221. The summed E-state index contributed by atoms with van der Waals surface area (Å²) in [6.07, 6.45) is 8.75. The molecule has 0 spiro atoms. The summed E-state index contributed by atoms with van der Waals surface area (Å²) in [5.74, 6) is 2.79. The lowest BCUT2D eigenvalue weighted by atomic mass is 9.89. The van der Waals surface area contributed by atoms with Gasteiger partial charge in [0.05, 0.1) is 0 Å². The van der Waals surface area contributed by atoms with Gasteiger partial charge in [-0.3, -0.25) is 0 Å². The highest BCUT2D eigenvalue weighted by Crippen LogP contribution is 2.24. The third-order valence-electron chi connectivity index (χ3n) is 5.01. The van der Waals surface area contributed by atoms with E-state index < -0.39 is 0 Å². The van der Waals surface area contributed by atoms with E-state index in [1.165, 1.54) is 71.2 Å². The van der Waals surface area contributed by atoms with Crippen LogP contribution in [0.1, 0.15) is 52.4 Å². The van der Waals surface area contributed by atoms with Crippen LogP contribution in [0, 0.1) is 17.8 Å². The molecule has 1 aliphatic carbocycles. The summed E-state index contributed by atoms with van der Waals surface area (Å²) in [5, 5.41) is 3.68. The first-order valence-electron chi connectivity index (χ1n) is 8.19. The summed E-state index contributed by atoms with van der Waals surface area (Å²) in [4.78, 5) is 2.65. The number of hydrogen-bond donors (Lipinski definition) is 1. The summed E-state index contributed by atoms with van der Waals surface area (Å²) in [6.45, 7) is 11.1. The Balaban J connectivity index is 1.51. The van der Waals surface area contributed by atoms with E-state index in [-0.39, 0.29) is 0 Å². The van der Waals surface area contributed by atoms with Crippen LogP contribution in [0.15, 0.2) is 0 Å². The molecule has 2 fully saturated rings. The highest BCUT2D eigenvalue weighted by molar-refractivity contribution is 4.78. The van der Waals surface area contributed by atoms with E-state index >= 15 is 0 Å². The molecule has 1 unspecified atom stereocenters. The number of nitrogens with one attached hydrogen (secondary N) is 1. The van der Waals surface area contributed by atoms with Crippen molar-refractivity contribution in [3.8, 4) is 0 Å². The van der Waals surface area contributed by atoms with Gasteiger partial charge in [-0.05, 0) is 50.1 Å². The maximum Gasteiger partial charge on any atom is 0.0107 e. The summed E-state index contributed by atoms with van der Waals surface area (Å²) in [6, 6.07) is 0. The number of rotatable bonds is 6. The van der Waals surface area contributed by atoms with Gasteiger partial charge in [0.1, 0.15) is 0 Å². The van der Waals surface area contributed by atoms with Crippen LogP contribution in [0.5, 0.6) is 0 Å². The molecule has 1 saturated heterocycles. The zero-order chi connectivity index (χ0) is 12.8. The molecule has 1 heterocycles. The summed E-state index contributed by atoms with van der Waals surface area (Å²) < 4.78 is 0. The van der Waals surface area contributed by atoms with Crippen LogP contribution in [0.3, 0.4) is 0 Å². The van der Waals surface area contributed by atoms with Crippen molar-refractivity contribution in [1.82, 2.24) is 10.2 Å². The van der Waals surface area contributed by atoms with Gasteiger partial charge < -0.3 is 10.2 Å². The highest BCUT2D eigenvalue weighted by Gasteiger charge is 2.24. The van der Waals surface area contributed by atoms with Gasteiger partial charge in [0.25, 0.3) is 0 Å². The Kier molecular flexibility index (Phi) is 5.97. The molecular weight excluding hydrogens is 220 g/mol. The Morgan fingerprint density at radius 1 is 1.11 bits per heavy atom. The summed E-state index contributed by atoms with van der Waals surface area (Å²) in [5.41, 5.74) is 0. The smallest absolute Gasteiger partial charge is 0.0107 e. The van der Waals surface area contributed by atoms with E-state index in [0.717, 1.165) is 17.8 Å². The molecule has 2 rings (SSSR count). The van der Waals surface area contributed by atoms with Gasteiger partial charge in [0.2, 0.25) is 0 Å². The molecule has 0 radical (unpaired) electrons. The predicted octanol–water partition coefficient (Wildman–Crippen LogP) is 3.13. The largest absolute Gasteiger partial charge is 0.315 e. The fraction of sp³-hybridized carbons (Fsp3) is 1.00. The minimum Gasteiger partial charge on any atom is -0.315 e. The molecule has 1 N–H and O–H groups in total. The lowest BCUT2D eigenvalue weighted by Gasteiger charge is -2.23. The fourth-order valence-corrected chi connectivity index (χ4v) is 3.54. The van der Waals surface area contributed by atoms with E-state index in [1.54, 1.807) is 0 Å². The van der Waals surface area contributed by atoms with Crippen molar-refractivity contribution in [2.24, 2.45) is 17.8 Å². The number of hydrogen-bond acceptors (Lipinski definition) is 2. The third-order valence-corrected chi connectivity index (χ3v) is 5.01. The molecule has 1 saturated carbocycles. The molecule has 2 aliphatic rings. The lowest BCUT2D eigenvalue weighted by molar-refractivity contribution is 0.291. The molecule has 106 valence electrons. The van der Waals surface area contributed by atoms with Crippen LogP contribution < -0.4 is 5.32 Å². The van der Waals surface area contributed by atoms with E-state index in [0.29, 0.717) is 0 Å². The van der Waals surface area contributed by atoms with Gasteiger partial charge in [0.15, 0.2) is 0 Å². The molecule has 0 amide bonds. The summed E-state index contributed by atoms with van der Waals surface area (Å²) >= 11 is 0. The average Bonchev–Trinajstić information content (AvgIpc) is 2.85. The zero-order valence-electron chi connectivity index (χ0n) is 12.5. The molecule has 1 aliphatic heterocycles. The quantitative estimate of drug-likeness (QED) is 0.731. The first-order valence-corrected chi connectivity index (χ1v) is 8.19. The Morgan fingerprint density at radius 3 is 2.56 bits per heavy atom. The van der Waals surface area contributed by atoms with Crippen LogP contribution in [0.4, 0.5) is 0 Å².